The van der Waals surface area contributed by atoms with Gasteiger partial charge in [0.1, 0.15) is 12.4 Å². The molecule has 0 fully saturated rings. The van der Waals surface area contributed by atoms with Gasteiger partial charge in [0, 0.05) is 18.2 Å². The van der Waals surface area contributed by atoms with Gasteiger partial charge in [0.25, 0.3) is 0 Å². The minimum Gasteiger partial charge on any atom is -0.384 e. The third-order valence-corrected chi connectivity index (χ3v) is 4.11. The monoisotopic (exact) mass is 315 g/mol. The minimum atomic E-state index is -3.85. The van der Waals surface area contributed by atoms with E-state index in [9.17, 15) is 12.8 Å². The maximum atomic E-state index is 13.2. The first-order chi connectivity index (χ1) is 9.90. The summed E-state index contributed by atoms with van der Waals surface area (Å²) in [4.78, 5) is -0.131. The summed E-state index contributed by atoms with van der Waals surface area (Å²) in [5.74, 6) is 4.15. The molecule has 7 heteroatoms. The van der Waals surface area contributed by atoms with Crippen molar-refractivity contribution >= 4 is 10.0 Å². The number of aliphatic hydroxyl groups excluding tert-OH is 1. The number of rotatable bonds is 6. The number of sulfonamides is 1. The highest BCUT2D eigenvalue weighted by atomic mass is 32.2. The van der Waals surface area contributed by atoms with E-state index in [2.05, 4.69) is 16.6 Å². The highest BCUT2D eigenvalue weighted by Gasteiger charge is 2.20. The molecule has 2 N–H and O–H groups in total. The van der Waals surface area contributed by atoms with E-state index in [4.69, 9.17) is 9.84 Å². The SMILES string of the molecule is CCOCC(C)NS(=O)(=O)c1ccc(F)cc1C#CCO. The number of nitrogens with one attached hydrogen (secondary N) is 1. The fourth-order valence-electron chi connectivity index (χ4n) is 1.63. The standard InChI is InChI=1S/C14H18FNO4S/c1-3-20-10-11(2)16-21(18,19)14-7-6-13(15)9-12(14)5-4-8-17/h6-7,9,11,16-17H,3,8,10H2,1-2H3. The molecule has 0 saturated carbocycles. The summed E-state index contributed by atoms with van der Waals surface area (Å²) in [6.07, 6.45) is 0. The van der Waals surface area contributed by atoms with Gasteiger partial charge in [0.15, 0.2) is 0 Å². The van der Waals surface area contributed by atoms with Gasteiger partial charge in [-0.15, -0.1) is 0 Å². The Balaban J connectivity index is 3.07. The second-order valence-corrected chi connectivity index (χ2v) is 5.96. The first-order valence-electron chi connectivity index (χ1n) is 6.40. The van der Waals surface area contributed by atoms with Crippen molar-refractivity contribution in [3.63, 3.8) is 0 Å². The summed E-state index contributed by atoms with van der Waals surface area (Å²) in [7, 11) is -3.85. The molecule has 5 nitrogen and oxygen atoms in total. The zero-order valence-corrected chi connectivity index (χ0v) is 12.7. The van der Waals surface area contributed by atoms with E-state index in [0.29, 0.717) is 6.61 Å². The van der Waals surface area contributed by atoms with E-state index in [1.54, 1.807) is 6.92 Å². The lowest BCUT2D eigenvalue weighted by molar-refractivity contribution is 0.133. The topological polar surface area (TPSA) is 75.6 Å². The minimum absolute atomic E-state index is 0.000148. The highest BCUT2D eigenvalue weighted by molar-refractivity contribution is 7.89. The second kappa shape index (κ2) is 8.10. The average molecular weight is 315 g/mol. The van der Waals surface area contributed by atoms with Crippen molar-refractivity contribution in [2.24, 2.45) is 0 Å². The van der Waals surface area contributed by atoms with E-state index >= 15 is 0 Å². The van der Waals surface area contributed by atoms with Gasteiger partial charge >= 0.3 is 0 Å². The fraction of sp³-hybridized carbons (Fsp3) is 0.429. The molecule has 1 atom stereocenters. The third kappa shape index (κ3) is 5.44. The van der Waals surface area contributed by atoms with Crippen LogP contribution in [0.2, 0.25) is 0 Å². The van der Waals surface area contributed by atoms with E-state index in [1.807, 2.05) is 6.92 Å². The molecular formula is C14H18FNO4S. The molecule has 21 heavy (non-hydrogen) atoms. The lowest BCUT2D eigenvalue weighted by Crippen LogP contribution is -2.36. The van der Waals surface area contributed by atoms with Crippen LogP contribution in [0.5, 0.6) is 0 Å². The molecule has 1 aromatic carbocycles. The molecule has 1 aromatic rings. The quantitative estimate of drug-likeness (QED) is 0.764. The Hall–Kier alpha value is -1.46. The van der Waals surface area contributed by atoms with Gasteiger partial charge in [-0.05, 0) is 32.0 Å². The first kappa shape index (κ1) is 17.6. The molecule has 0 heterocycles. The number of halogens is 1. The number of ether oxygens (including phenoxy) is 1. The van der Waals surface area contributed by atoms with Crippen LogP contribution in [-0.2, 0) is 14.8 Å². The van der Waals surface area contributed by atoms with Gasteiger partial charge in [-0.25, -0.2) is 17.5 Å². The Kier molecular flexibility index (Phi) is 6.78. The molecule has 1 rings (SSSR count). The molecule has 0 aromatic heterocycles. The number of benzene rings is 1. The number of aliphatic hydroxyl groups is 1. The second-order valence-electron chi connectivity index (χ2n) is 4.28. The van der Waals surface area contributed by atoms with Crippen molar-refractivity contribution in [3.8, 4) is 11.8 Å². The van der Waals surface area contributed by atoms with Gasteiger partial charge in [0.05, 0.1) is 11.5 Å². The van der Waals surface area contributed by atoms with Crippen LogP contribution >= 0.6 is 0 Å². The molecular weight excluding hydrogens is 297 g/mol. The van der Waals surface area contributed by atoms with Crippen LogP contribution in [0.25, 0.3) is 0 Å². The first-order valence-corrected chi connectivity index (χ1v) is 7.88. The van der Waals surface area contributed by atoms with E-state index < -0.39 is 28.5 Å². The zero-order chi connectivity index (χ0) is 15.9. The van der Waals surface area contributed by atoms with Crippen LogP contribution in [0.3, 0.4) is 0 Å². The molecule has 0 bridgehead atoms. The van der Waals surface area contributed by atoms with Crippen LogP contribution in [0.15, 0.2) is 23.1 Å². The van der Waals surface area contributed by atoms with Crippen molar-refractivity contribution in [2.75, 3.05) is 19.8 Å². The predicted octanol–water partition coefficient (Wildman–Crippen LogP) is 0.873. The summed E-state index contributed by atoms with van der Waals surface area (Å²) >= 11 is 0. The summed E-state index contributed by atoms with van der Waals surface area (Å²) in [6.45, 7) is 3.74. The molecule has 0 spiro atoms. The summed E-state index contributed by atoms with van der Waals surface area (Å²) in [5, 5.41) is 8.68. The lowest BCUT2D eigenvalue weighted by Gasteiger charge is -2.15. The Labute approximate surface area is 124 Å². The van der Waals surface area contributed by atoms with Crippen molar-refractivity contribution in [2.45, 2.75) is 24.8 Å². The van der Waals surface area contributed by atoms with Gasteiger partial charge in [0.2, 0.25) is 10.0 Å². The maximum absolute atomic E-state index is 13.2. The van der Waals surface area contributed by atoms with Gasteiger partial charge < -0.3 is 9.84 Å². The van der Waals surface area contributed by atoms with Crippen molar-refractivity contribution < 1.29 is 22.7 Å². The van der Waals surface area contributed by atoms with Crippen molar-refractivity contribution in [1.82, 2.24) is 4.72 Å². The van der Waals surface area contributed by atoms with Crippen LogP contribution in [0.1, 0.15) is 19.4 Å². The molecule has 0 radical (unpaired) electrons. The van der Waals surface area contributed by atoms with E-state index in [-0.39, 0.29) is 17.1 Å². The summed E-state index contributed by atoms with van der Waals surface area (Å²) in [6, 6.07) is 2.78. The Morgan fingerprint density at radius 1 is 1.48 bits per heavy atom. The van der Waals surface area contributed by atoms with Crippen LogP contribution in [-0.4, -0.2) is 39.4 Å². The Morgan fingerprint density at radius 3 is 2.81 bits per heavy atom. The largest absolute Gasteiger partial charge is 0.384 e. The number of hydrogen-bond acceptors (Lipinski definition) is 4. The van der Waals surface area contributed by atoms with E-state index in [1.165, 1.54) is 0 Å². The maximum Gasteiger partial charge on any atom is 0.242 e. The molecule has 0 aliphatic heterocycles. The van der Waals surface area contributed by atoms with Crippen LogP contribution in [0, 0.1) is 17.7 Å². The molecule has 116 valence electrons. The van der Waals surface area contributed by atoms with Gasteiger partial charge in [-0.1, -0.05) is 11.8 Å². The van der Waals surface area contributed by atoms with Crippen LogP contribution < -0.4 is 4.72 Å². The van der Waals surface area contributed by atoms with Crippen LogP contribution in [0.4, 0.5) is 4.39 Å². The average Bonchev–Trinajstić information content (AvgIpc) is 2.42. The van der Waals surface area contributed by atoms with Crippen molar-refractivity contribution in [3.05, 3.63) is 29.6 Å². The Bertz CT molecular complexity index is 634. The third-order valence-electron chi connectivity index (χ3n) is 2.46. The molecule has 1 unspecified atom stereocenters. The summed E-state index contributed by atoms with van der Waals surface area (Å²) in [5.41, 5.74) is 0.000148. The van der Waals surface area contributed by atoms with E-state index in [0.717, 1.165) is 18.2 Å². The molecule has 0 saturated heterocycles. The smallest absolute Gasteiger partial charge is 0.242 e. The molecule has 0 amide bonds. The van der Waals surface area contributed by atoms with Crippen molar-refractivity contribution in [1.29, 1.82) is 0 Å². The van der Waals surface area contributed by atoms with Gasteiger partial charge in [-0.3, -0.25) is 0 Å². The lowest BCUT2D eigenvalue weighted by atomic mass is 10.2. The predicted molar refractivity (Wildman–Crippen MR) is 76.6 cm³/mol. The van der Waals surface area contributed by atoms with Gasteiger partial charge in [-0.2, -0.15) is 0 Å². The normalized spacial score (nSPS) is 12.6. The fourth-order valence-corrected chi connectivity index (χ4v) is 3.00. The highest BCUT2D eigenvalue weighted by Crippen LogP contribution is 2.16. The molecule has 0 aliphatic carbocycles. The number of hydrogen-bond donors (Lipinski definition) is 2. The molecule has 0 aliphatic rings. The Morgan fingerprint density at radius 2 is 2.19 bits per heavy atom. The zero-order valence-electron chi connectivity index (χ0n) is 11.9. The summed E-state index contributed by atoms with van der Waals surface area (Å²) < 4.78 is 45.4.